The second-order valence-electron chi connectivity index (χ2n) is 4.52. The van der Waals surface area contributed by atoms with Gasteiger partial charge in [0.1, 0.15) is 5.82 Å². The molecule has 0 saturated carbocycles. The van der Waals surface area contributed by atoms with E-state index in [0.717, 1.165) is 36.4 Å². The summed E-state index contributed by atoms with van der Waals surface area (Å²) in [6.07, 6.45) is 0. The summed E-state index contributed by atoms with van der Waals surface area (Å²) in [5.74, 6) is -2.79. The number of nitro benzene ring substituents is 1. The lowest BCUT2D eigenvalue weighted by Gasteiger charge is -2.07. The van der Waals surface area contributed by atoms with Crippen molar-refractivity contribution >= 4 is 29.9 Å². The molecule has 118 valence electrons. The van der Waals surface area contributed by atoms with Crippen LogP contribution in [0.15, 0.2) is 36.4 Å². The van der Waals surface area contributed by atoms with Crippen LogP contribution < -0.4 is 10.8 Å². The van der Waals surface area contributed by atoms with Crippen molar-refractivity contribution in [3.63, 3.8) is 0 Å². The molecule has 2 aromatic rings. The van der Waals surface area contributed by atoms with Gasteiger partial charge in [-0.3, -0.25) is 14.9 Å². The molecule has 0 fully saturated rings. The molecule has 0 aliphatic rings. The van der Waals surface area contributed by atoms with Crippen molar-refractivity contribution in [1.82, 2.24) is 0 Å². The van der Waals surface area contributed by atoms with Gasteiger partial charge >= 0.3 is 12.8 Å². The molecule has 7 nitrogen and oxygen atoms in total. The Hall–Kier alpha value is -2.85. The molecule has 3 N–H and O–H groups in total. The molecule has 0 heterocycles. The van der Waals surface area contributed by atoms with Crippen LogP contribution in [0.1, 0.15) is 10.4 Å². The van der Waals surface area contributed by atoms with E-state index in [-0.39, 0.29) is 16.7 Å². The predicted octanol–water partition coefficient (Wildman–Crippen LogP) is 0.805. The first-order chi connectivity index (χ1) is 10.8. The number of hydrogen-bond donors (Lipinski definition) is 3. The fraction of sp³-hybridized carbons (Fsp3) is 0. The Bertz CT molecular complexity index is 785. The Labute approximate surface area is 128 Å². The van der Waals surface area contributed by atoms with Crippen LogP contribution in [-0.4, -0.2) is 28.0 Å². The van der Waals surface area contributed by atoms with Crippen LogP contribution >= 0.6 is 0 Å². The summed E-state index contributed by atoms with van der Waals surface area (Å²) in [6, 6.07) is 5.45. The Balaban J connectivity index is 2.29. The lowest BCUT2D eigenvalue weighted by molar-refractivity contribution is -0.387. The fourth-order valence-electron chi connectivity index (χ4n) is 1.83. The van der Waals surface area contributed by atoms with Crippen LogP contribution in [0.3, 0.4) is 0 Å². The molecule has 0 saturated heterocycles. The van der Waals surface area contributed by atoms with Gasteiger partial charge in [-0.1, -0.05) is 0 Å². The first-order valence-electron chi connectivity index (χ1n) is 6.20. The van der Waals surface area contributed by atoms with E-state index in [2.05, 4.69) is 5.32 Å². The van der Waals surface area contributed by atoms with Crippen LogP contribution in [-0.2, 0) is 0 Å². The van der Waals surface area contributed by atoms with Crippen molar-refractivity contribution in [2.75, 3.05) is 5.32 Å². The minimum absolute atomic E-state index is 0.0709. The fourth-order valence-corrected chi connectivity index (χ4v) is 1.83. The molecule has 2 rings (SSSR count). The summed E-state index contributed by atoms with van der Waals surface area (Å²) in [5.41, 5.74) is -1.37. The summed E-state index contributed by atoms with van der Waals surface area (Å²) >= 11 is 0. The maximum absolute atomic E-state index is 13.4. The van der Waals surface area contributed by atoms with Gasteiger partial charge in [0.25, 0.3) is 5.91 Å². The van der Waals surface area contributed by atoms with Crippen molar-refractivity contribution in [2.24, 2.45) is 0 Å². The van der Waals surface area contributed by atoms with Gasteiger partial charge < -0.3 is 15.4 Å². The van der Waals surface area contributed by atoms with Crippen molar-refractivity contribution in [1.29, 1.82) is 0 Å². The molecule has 2 aromatic carbocycles. The average Bonchev–Trinajstić information content (AvgIpc) is 2.48. The molecule has 10 heteroatoms. The number of nitrogens with zero attached hydrogens (tertiary/aromatic N) is 1. The van der Waals surface area contributed by atoms with Gasteiger partial charge in [-0.2, -0.15) is 4.39 Å². The van der Waals surface area contributed by atoms with Gasteiger partial charge in [0, 0.05) is 17.3 Å². The van der Waals surface area contributed by atoms with E-state index in [4.69, 9.17) is 10.0 Å². The third-order valence-electron chi connectivity index (χ3n) is 2.88. The zero-order valence-electron chi connectivity index (χ0n) is 11.4. The highest BCUT2D eigenvalue weighted by Crippen LogP contribution is 2.22. The van der Waals surface area contributed by atoms with Crippen molar-refractivity contribution in [2.45, 2.75) is 0 Å². The average molecular weight is 322 g/mol. The molecule has 0 atom stereocenters. The largest absolute Gasteiger partial charge is 0.488 e. The zero-order chi connectivity index (χ0) is 17.1. The summed E-state index contributed by atoms with van der Waals surface area (Å²) in [6.45, 7) is 0. The van der Waals surface area contributed by atoms with Crippen LogP contribution in [0.2, 0.25) is 0 Å². The van der Waals surface area contributed by atoms with E-state index in [1.807, 2.05) is 0 Å². The SMILES string of the molecule is O=C(Nc1ccc(F)c([N+](=O)[O-])c1)c1cc(F)cc(B(O)O)c1. The number of nitro groups is 1. The molecule has 0 aliphatic carbocycles. The topological polar surface area (TPSA) is 113 Å². The molecule has 1 amide bonds. The third kappa shape index (κ3) is 3.87. The van der Waals surface area contributed by atoms with E-state index < -0.39 is 35.3 Å². The monoisotopic (exact) mass is 322 g/mol. The number of halogens is 2. The van der Waals surface area contributed by atoms with Crippen molar-refractivity contribution in [3.8, 4) is 0 Å². The number of carbonyl (C=O) groups excluding carboxylic acids is 1. The number of carbonyl (C=O) groups is 1. The van der Waals surface area contributed by atoms with Crippen LogP contribution in [0, 0.1) is 21.7 Å². The molecule has 23 heavy (non-hydrogen) atoms. The smallest absolute Gasteiger partial charge is 0.423 e. The standard InChI is InChI=1S/C13H9BF2N2O5/c15-9-4-7(3-8(5-9)14(20)21)13(19)17-10-1-2-11(16)12(6-10)18(22)23/h1-6,20-21H,(H,17,19). The summed E-state index contributed by atoms with van der Waals surface area (Å²) in [7, 11) is -1.97. The molecular formula is C13H9BF2N2O5. The normalized spacial score (nSPS) is 10.3. The molecule has 0 aliphatic heterocycles. The van der Waals surface area contributed by atoms with Crippen LogP contribution in [0.5, 0.6) is 0 Å². The number of amides is 1. The number of anilines is 1. The van der Waals surface area contributed by atoms with E-state index in [1.165, 1.54) is 0 Å². The zero-order valence-corrected chi connectivity index (χ0v) is 11.4. The predicted molar refractivity (Wildman–Crippen MR) is 77.2 cm³/mol. The van der Waals surface area contributed by atoms with Gasteiger partial charge in [0.2, 0.25) is 5.82 Å². The number of nitrogens with one attached hydrogen (secondary N) is 1. The first kappa shape index (κ1) is 16.5. The maximum atomic E-state index is 13.4. The minimum atomic E-state index is -1.97. The highest BCUT2D eigenvalue weighted by Gasteiger charge is 2.18. The molecule has 0 spiro atoms. The molecular weight excluding hydrogens is 313 g/mol. The summed E-state index contributed by atoms with van der Waals surface area (Å²) in [4.78, 5) is 21.7. The Morgan fingerprint density at radius 3 is 2.48 bits per heavy atom. The lowest BCUT2D eigenvalue weighted by Crippen LogP contribution is -2.31. The van der Waals surface area contributed by atoms with Gasteiger partial charge in [-0.25, -0.2) is 4.39 Å². The maximum Gasteiger partial charge on any atom is 0.488 e. The summed E-state index contributed by atoms with van der Waals surface area (Å²) < 4.78 is 26.6. The Kier molecular flexibility index (Phi) is 4.67. The highest BCUT2D eigenvalue weighted by molar-refractivity contribution is 6.58. The quantitative estimate of drug-likeness (QED) is 0.438. The van der Waals surface area contributed by atoms with E-state index >= 15 is 0 Å². The van der Waals surface area contributed by atoms with Crippen LogP contribution in [0.25, 0.3) is 0 Å². The highest BCUT2D eigenvalue weighted by atomic mass is 19.1. The van der Waals surface area contributed by atoms with E-state index in [0.29, 0.717) is 0 Å². The van der Waals surface area contributed by atoms with E-state index in [9.17, 15) is 23.7 Å². The Morgan fingerprint density at radius 1 is 1.17 bits per heavy atom. The molecule has 0 radical (unpaired) electrons. The van der Waals surface area contributed by atoms with Gasteiger partial charge in [-0.05, 0) is 35.8 Å². The molecule has 0 unspecified atom stereocenters. The van der Waals surface area contributed by atoms with Gasteiger partial charge in [0.15, 0.2) is 0 Å². The number of rotatable bonds is 4. The first-order valence-corrected chi connectivity index (χ1v) is 6.20. The number of hydrogen-bond acceptors (Lipinski definition) is 5. The molecule has 0 aromatic heterocycles. The minimum Gasteiger partial charge on any atom is -0.423 e. The van der Waals surface area contributed by atoms with Crippen molar-refractivity contribution < 1.29 is 28.5 Å². The third-order valence-corrected chi connectivity index (χ3v) is 2.88. The second kappa shape index (κ2) is 6.50. The lowest BCUT2D eigenvalue weighted by atomic mass is 9.79. The second-order valence-corrected chi connectivity index (χ2v) is 4.52. The van der Waals surface area contributed by atoms with Crippen LogP contribution in [0.4, 0.5) is 20.2 Å². The van der Waals surface area contributed by atoms with Gasteiger partial charge in [-0.15, -0.1) is 0 Å². The van der Waals surface area contributed by atoms with Gasteiger partial charge in [0.05, 0.1) is 4.92 Å². The number of benzene rings is 2. The summed E-state index contributed by atoms with van der Waals surface area (Å²) in [5, 5.41) is 30.9. The van der Waals surface area contributed by atoms with E-state index in [1.54, 1.807) is 0 Å². The Morgan fingerprint density at radius 2 is 1.87 bits per heavy atom. The van der Waals surface area contributed by atoms with Crippen molar-refractivity contribution in [3.05, 3.63) is 63.7 Å². The molecule has 0 bridgehead atoms.